The summed E-state index contributed by atoms with van der Waals surface area (Å²) in [5, 5.41) is 6.12. The molecule has 3 aromatic carbocycles. The van der Waals surface area contributed by atoms with Gasteiger partial charge in [0, 0.05) is 24.0 Å². The minimum atomic E-state index is -4.59. The van der Waals surface area contributed by atoms with Crippen LogP contribution in [0, 0.1) is 25.6 Å². The van der Waals surface area contributed by atoms with Crippen molar-refractivity contribution >= 4 is 27.3 Å². The van der Waals surface area contributed by atoms with Gasteiger partial charge in [0.1, 0.15) is 5.82 Å². The fourth-order valence-corrected chi connectivity index (χ4v) is 8.15. The molecule has 11 heteroatoms. The van der Waals surface area contributed by atoms with Crippen molar-refractivity contribution in [2.24, 2.45) is 5.92 Å². The molecular formula is C32H35F4N3O3S. The van der Waals surface area contributed by atoms with Crippen molar-refractivity contribution in [3.63, 3.8) is 0 Å². The third-order valence-electron chi connectivity index (χ3n) is 8.43. The van der Waals surface area contributed by atoms with Crippen molar-refractivity contribution in [2.75, 3.05) is 17.2 Å². The standard InChI is InChI=1S/C32H35F4N3O3S/c1-20-9-13-26(19-28(20)32(34,35)36)38-31(40)27-8-5-17-39(43(41,42)29-16-12-23(33)18-21(29)2)30(27)22-10-14-25(15-11-22)37-24-6-3-4-7-24/h9-16,18-19,24,27,30,37H,3-8,17H2,1-2H3,(H,38,40)/t27-,30-/m0/s1. The van der Waals surface area contributed by atoms with Crippen LogP contribution in [0.25, 0.3) is 0 Å². The highest BCUT2D eigenvalue weighted by Gasteiger charge is 2.43. The number of piperidine rings is 1. The molecule has 43 heavy (non-hydrogen) atoms. The van der Waals surface area contributed by atoms with Crippen LogP contribution in [0.15, 0.2) is 65.6 Å². The first-order chi connectivity index (χ1) is 20.3. The third-order valence-corrected chi connectivity index (χ3v) is 10.5. The number of benzene rings is 3. The zero-order valence-corrected chi connectivity index (χ0v) is 24.9. The summed E-state index contributed by atoms with van der Waals surface area (Å²) in [4.78, 5) is 13.7. The van der Waals surface area contributed by atoms with Crippen molar-refractivity contribution in [3.8, 4) is 0 Å². The predicted octanol–water partition coefficient (Wildman–Crippen LogP) is 7.60. The number of carbonyl (C=O) groups is 1. The first-order valence-electron chi connectivity index (χ1n) is 14.5. The molecule has 3 aromatic rings. The highest BCUT2D eigenvalue weighted by molar-refractivity contribution is 7.89. The van der Waals surface area contributed by atoms with Crippen LogP contribution in [0.4, 0.5) is 28.9 Å². The van der Waals surface area contributed by atoms with E-state index in [0.717, 1.165) is 49.6 Å². The number of halogens is 4. The van der Waals surface area contributed by atoms with Crippen molar-refractivity contribution in [2.45, 2.75) is 75.5 Å². The smallest absolute Gasteiger partial charge is 0.382 e. The first-order valence-corrected chi connectivity index (χ1v) is 15.9. The molecule has 2 atom stereocenters. The van der Waals surface area contributed by atoms with Gasteiger partial charge in [-0.2, -0.15) is 17.5 Å². The molecule has 5 rings (SSSR count). The van der Waals surface area contributed by atoms with Gasteiger partial charge in [-0.25, -0.2) is 12.8 Å². The van der Waals surface area contributed by atoms with Crippen LogP contribution in [0.5, 0.6) is 0 Å². The summed E-state index contributed by atoms with van der Waals surface area (Å²) in [6.45, 7) is 2.98. The quantitative estimate of drug-likeness (QED) is 0.268. The number of amides is 1. The normalized spacial score (nSPS) is 20.2. The highest BCUT2D eigenvalue weighted by atomic mass is 32.2. The van der Waals surface area contributed by atoms with Crippen LogP contribution < -0.4 is 10.6 Å². The molecule has 1 aliphatic heterocycles. The van der Waals surface area contributed by atoms with Gasteiger partial charge in [-0.1, -0.05) is 31.0 Å². The van der Waals surface area contributed by atoms with Crippen LogP contribution in [-0.2, 0) is 21.0 Å². The fourth-order valence-electron chi connectivity index (χ4n) is 6.26. The second-order valence-corrected chi connectivity index (χ2v) is 13.3. The van der Waals surface area contributed by atoms with Gasteiger partial charge in [-0.05, 0) is 98.7 Å². The minimum Gasteiger partial charge on any atom is -0.382 e. The van der Waals surface area contributed by atoms with Crippen LogP contribution in [0.2, 0.25) is 0 Å². The Morgan fingerprint density at radius 2 is 1.53 bits per heavy atom. The maximum absolute atomic E-state index is 14.1. The van der Waals surface area contributed by atoms with Crippen molar-refractivity contribution in [3.05, 3.63) is 88.7 Å². The number of aryl methyl sites for hydroxylation is 2. The molecule has 1 amide bonds. The molecule has 0 bridgehead atoms. The number of anilines is 2. The molecule has 230 valence electrons. The number of sulfonamides is 1. The lowest BCUT2D eigenvalue weighted by Crippen LogP contribution is -2.46. The Kier molecular flexibility index (Phi) is 8.85. The van der Waals surface area contributed by atoms with Gasteiger partial charge in [0.2, 0.25) is 15.9 Å². The summed E-state index contributed by atoms with van der Waals surface area (Å²) in [7, 11) is -4.18. The van der Waals surface area contributed by atoms with Crippen molar-refractivity contribution in [1.82, 2.24) is 4.31 Å². The SMILES string of the molecule is Cc1ccc(NC(=O)[C@H]2CCCN(S(=O)(=O)c3ccc(F)cc3C)[C@H]2c2ccc(NC3CCCC3)cc2)cc1C(F)(F)F. The number of hydrogen-bond acceptors (Lipinski definition) is 4. The molecule has 1 saturated heterocycles. The second-order valence-electron chi connectivity index (χ2n) is 11.5. The van der Waals surface area contributed by atoms with Gasteiger partial charge in [0.05, 0.1) is 22.4 Å². The van der Waals surface area contributed by atoms with Crippen LogP contribution in [0.3, 0.4) is 0 Å². The maximum atomic E-state index is 14.1. The van der Waals surface area contributed by atoms with Crippen LogP contribution in [-0.4, -0.2) is 31.2 Å². The topological polar surface area (TPSA) is 78.5 Å². The Balaban J connectivity index is 1.51. The Labute approximate surface area is 249 Å². The van der Waals surface area contributed by atoms with E-state index in [0.29, 0.717) is 24.4 Å². The molecule has 2 aliphatic rings. The molecule has 0 aromatic heterocycles. The average molecular weight is 618 g/mol. The van der Waals surface area contributed by atoms with E-state index in [9.17, 15) is 30.8 Å². The van der Waals surface area contributed by atoms with Gasteiger partial charge >= 0.3 is 6.18 Å². The summed E-state index contributed by atoms with van der Waals surface area (Å²) in [6.07, 6.45) is 0.563. The fraction of sp³-hybridized carbons (Fsp3) is 0.406. The number of carbonyl (C=O) groups excluding carboxylic acids is 1. The molecule has 6 nitrogen and oxygen atoms in total. The molecule has 2 N–H and O–H groups in total. The molecule has 1 heterocycles. The summed E-state index contributed by atoms with van der Waals surface area (Å²) in [5.41, 5.74) is 0.856. The summed E-state index contributed by atoms with van der Waals surface area (Å²) in [6, 6.07) is 13.8. The van der Waals surface area contributed by atoms with E-state index in [1.54, 1.807) is 12.1 Å². The zero-order valence-electron chi connectivity index (χ0n) is 24.0. The predicted molar refractivity (Wildman–Crippen MR) is 158 cm³/mol. The first kappa shape index (κ1) is 31.0. The minimum absolute atomic E-state index is 0.0212. The zero-order chi connectivity index (χ0) is 30.9. The Hall–Kier alpha value is -3.44. The summed E-state index contributed by atoms with van der Waals surface area (Å²) >= 11 is 0. The van der Waals surface area contributed by atoms with E-state index in [1.165, 1.54) is 36.4 Å². The van der Waals surface area contributed by atoms with Crippen LogP contribution >= 0.6 is 0 Å². The largest absolute Gasteiger partial charge is 0.416 e. The van der Waals surface area contributed by atoms with E-state index >= 15 is 0 Å². The molecule has 1 aliphatic carbocycles. The number of nitrogens with zero attached hydrogens (tertiary/aromatic N) is 1. The van der Waals surface area contributed by atoms with Crippen molar-refractivity contribution in [1.29, 1.82) is 0 Å². The average Bonchev–Trinajstić information content (AvgIpc) is 3.46. The monoisotopic (exact) mass is 617 g/mol. The van der Waals surface area contributed by atoms with E-state index < -0.39 is 45.4 Å². The lowest BCUT2D eigenvalue weighted by atomic mass is 9.85. The number of rotatable bonds is 7. The van der Waals surface area contributed by atoms with Crippen molar-refractivity contribution < 1.29 is 30.8 Å². The van der Waals surface area contributed by atoms with Crippen LogP contribution in [0.1, 0.15) is 66.8 Å². The third kappa shape index (κ3) is 6.72. The van der Waals surface area contributed by atoms with Gasteiger partial charge in [-0.3, -0.25) is 4.79 Å². The maximum Gasteiger partial charge on any atom is 0.416 e. The lowest BCUT2D eigenvalue weighted by molar-refractivity contribution is -0.138. The van der Waals surface area contributed by atoms with E-state index in [4.69, 9.17) is 0 Å². The van der Waals surface area contributed by atoms with E-state index in [2.05, 4.69) is 10.6 Å². The highest BCUT2D eigenvalue weighted by Crippen LogP contribution is 2.42. The molecule has 0 radical (unpaired) electrons. The Morgan fingerprint density at radius 3 is 2.19 bits per heavy atom. The van der Waals surface area contributed by atoms with Gasteiger partial charge in [0.15, 0.2) is 0 Å². The van der Waals surface area contributed by atoms with Gasteiger partial charge in [0.25, 0.3) is 0 Å². The lowest BCUT2D eigenvalue weighted by Gasteiger charge is -2.40. The summed E-state index contributed by atoms with van der Waals surface area (Å²) in [5.74, 6) is -2.04. The molecular weight excluding hydrogens is 582 g/mol. The molecule has 0 spiro atoms. The Morgan fingerprint density at radius 1 is 0.860 bits per heavy atom. The molecule has 2 fully saturated rings. The molecule has 1 saturated carbocycles. The number of alkyl halides is 3. The van der Waals surface area contributed by atoms with E-state index in [1.807, 2.05) is 12.1 Å². The molecule has 0 unspecified atom stereocenters. The van der Waals surface area contributed by atoms with E-state index in [-0.39, 0.29) is 28.3 Å². The van der Waals surface area contributed by atoms with Gasteiger partial charge < -0.3 is 10.6 Å². The number of nitrogens with one attached hydrogen (secondary N) is 2. The summed E-state index contributed by atoms with van der Waals surface area (Å²) < 4.78 is 83.9. The number of hydrogen-bond donors (Lipinski definition) is 2. The van der Waals surface area contributed by atoms with Gasteiger partial charge in [-0.15, -0.1) is 0 Å². The Bertz CT molecular complexity index is 1590. The second kappa shape index (κ2) is 12.3.